The molecule has 1 aromatic carbocycles. The molecule has 2 atom stereocenters. The van der Waals surface area contributed by atoms with E-state index in [1.54, 1.807) is 4.90 Å². The molecule has 1 amide bonds. The van der Waals surface area contributed by atoms with Gasteiger partial charge in [0.1, 0.15) is 6.61 Å². The van der Waals surface area contributed by atoms with Crippen LogP contribution < -0.4 is 0 Å². The van der Waals surface area contributed by atoms with Crippen molar-refractivity contribution in [3.05, 3.63) is 35.9 Å². The third kappa shape index (κ3) is 3.95. The molecule has 0 radical (unpaired) electrons. The molecule has 1 aliphatic rings. The summed E-state index contributed by atoms with van der Waals surface area (Å²) in [6.45, 7) is 1.07. The maximum Gasteiger partial charge on any atom is 0.410 e. The summed E-state index contributed by atoms with van der Waals surface area (Å²) in [5, 5.41) is 18.6. The third-order valence-corrected chi connectivity index (χ3v) is 3.65. The van der Waals surface area contributed by atoms with Crippen molar-refractivity contribution in [1.29, 1.82) is 0 Å². The van der Waals surface area contributed by atoms with Gasteiger partial charge in [0.25, 0.3) is 0 Å². The number of benzene rings is 1. The van der Waals surface area contributed by atoms with E-state index in [-0.39, 0.29) is 25.2 Å². The number of rotatable bonds is 4. The van der Waals surface area contributed by atoms with E-state index in [0.29, 0.717) is 13.1 Å². The van der Waals surface area contributed by atoms with Crippen LogP contribution in [0.4, 0.5) is 4.79 Å². The second kappa shape index (κ2) is 7.26. The Morgan fingerprint density at radius 1 is 1.40 bits per heavy atom. The fraction of sp³-hybridized carbons (Fsp3) is 0.533. The molecule has 1 unspecified atom stereocenters. The van der Waals surface area contributed by atoms with Gasteiger partial charge in [-0.1, -0.05) is 30.3 Å². The van der Waals surface area contributed by atoms with E-state index in [1.165, 1.54) is 0 Å². The predicted octanol–water partition coefficient (Wildman–Crippen LogP) is 1.39. The summed E-state index contributed by atoms with van der Waals surface area (Å²) in [5.74, 6) is -0.0713. The summed E-state index contributed by atoms with van der Waals surface area (Å²) >= 11 is 0. The lowest BCUT2D eigenvalue weighted by Crippen LogP contribution is -2.44. The van der Waals surface area contributed by atoms with Crippen molar-refractivity contribution in [2.45, 2.75) is 25.6 Å². The molecule has 0 aromatic heterocycles. The molecule has 5 nitrogen and oxygen atoms in total. The molecule has 1 saturated heterocycles. The molecule has 1 heterocycles. The number of carbonyl (C=O) groups is 1. The topological polar surface area (TPSA) is 70.0 Å². The lowest BCUT2D eigenvalue weighted by Gasteiger charge is -2.33. The van der Waals surface area contributed by atoms with Crippen LogP contribution >= 0.6 is 0 Å². The molecule has 1 fully saturated rings. The molecule has 20 heavy (non-hydrogen) atoms. The number of aliphatic hydroxyl groups excluding tert-OH is 2. The maximum absolute atomic E-state index is 12.0. The fourth-order valence-corrected chi connectivity index (χ4v) is 2.45. The largest absolute Gasteiger partial charge is 0.445 e. The van der Waals surface area contributed by atoms with Crippen molar-refractivity contribution in [2.75, 3.05) is 19.7 Å². The second-order valence-electron chi connectivity index (χ2n) is 5.14. The van der Waals surface area contributed by atoms with Crippen LogP contribution in [-0.4, -0.2) is 47.0 Å². The first-order valence-electron chi connectivity index (χ1n) is 6.95. The highest BCUT2D eigenvalue weighted by atomic mass is 16.6. The Hall–Kier alpha value is -1.59. The molecule has 1 aromatic rings. The number of likely N-dealkylation sites (tertiary alicyclic amines) is 1. The third-order valence-electron chi connectivity index (χ3n) is 3.65. The SMILES string of the molecule is O=C(OCc1ccccc1)N1CCC[C@@H](C(O)CO)C1. The highest BCUT2D eigenvalue weighted by Crippen LogP contribution is 2.20. The number of hydrogen-bond donors (Lipinski definition) is 2. The minimum absolute atomic E-state index is 0.0713. The average Bonchev–Trinajstić information content (AvgIpc) is 2.53. The molecule has 110 valence electrons. The Bertz CT molecular complexity index is 423. The Kier molecular flexibility index (Phi) is 5.38. The number of carbonyl (C=O) groups excluding carboxylic acids is 1. The maximum atomic E-state index is 12.0. The first-order chi connectivity index (χ1) is 9.70. The van der Waals surface area contributed by atoms with Crippen LogP contribution in [0.2, 0.25) is 0 Å². The monoisotopic (exact) mass is 279 g/mol. The van der Waals surface area contributed by atoms with Gasteiger partial charge in [-0.15, -0.1) is 0 Å². The summed E-state index contributed by atoms with van der Waals surface area (Å²) in [7, 11) is 0. The summed E-state index contributed by atoms with van der Waals surface area (Å²) < 4.78 is 5.27. The minimum atomic E-state index is -0.764. The molecule has 2 rings (SSSR count). The van der Waals surface area contributed by atoms with Gasteiger partial charge in [-0.25, -0.2) is 4.79 Å². The molecular formula is C15H21NO4. The van der Waals surface area contributed by atoms with Crippen LogP contribution in [0.5, 0.6) is 0 Å². The van der Waals surface area contributed by atoms with Gasteiger partial charge in [0, 0.05) is 19.0 Å². The van der Waals surface area contributed by atoms with Crippen LogP contribution in [0, 0.1) is 5.92 Å². The van der Waals surface area contributed by atoms with Crippen molar-refractivity contribution in [2.24, 2.45) is 5.92 Å². The summed E-state index contributed by atoms with van der Waals surface area (Å²) in [5.41, 5.74) is 0.949. The Morgan fingerprint density at radius 2 is 2.15 bits per heavy atom. The van der Waals surface area contributed by atoms with Gasteiger partial charge in [0.05, 0.1) is 12.7 Å². The zero-order chi connectivity index (χ0) is 14.4. The fourth-order valence-electron chi connectivity index (χ4n) is 2.45. The molecule has 0 saturated carbocycles. The normalized spacial score (nSPS) is 20.5. The predicted molar refractivity (Wildman–Crippen MR) is 74.0 cm³/mol. The van der Waals surface area contributed by atoms with Gasteiger partial charge in [0.15, 0.2) is 0 Å². The van der Waals surface area contributed by atoms with Crippen LogP contribution in [-0.2, 0) is 11.3 Å². The second-order valence-corrected chi connectivity index (χ2v) is 5.14. The Balaban J connectivity index is 1.83. The van der Waals surface area contributed by atoms with E-state index in [2.05, 4.69) is 0 Å². The lowest BCUT2D eigenvalue weighted by molar-refractivity contribution is 0.00920. The van der Waals surface area contributed by atoms with Crippen molar-refractivity contribution in [3.63, 3.8) is 0 Å². The van der Waals surface area contributed by atoms with E-state index in [0.717, 1.165) is 18.4 Å². The van der Waals surface area contributed by atoms with Crippen molar-refractivity contribution < 1.29 is 19.7 Å². The average molecular weight is 279 g/mol. The molecule has 0 spiro atoms. The summed E-state index contributed by atoms with van der Waals surface area (Å²) in [4.78, 5) is 13.6. The minimum Gasteiger partial charge on any atom is -0.445 e. The van der Waals surface area contributed by atoms with Gasteiger partial charge < -0.3 is 19.8 Å². The number of ether oxygens (including phenoxy) is 1. The molecule has 1 aliphatic heterocycles. The highest BCUT2D eigenvalue weighted by Gasteiger charge is 2.28. The Morgan fingerprint density at radius 3 is 2.85 bits per heavy atom. The number of hydrogen-bond acceptors (Lipinski definition) is 4. The number of amides is 1. The quantitative estimate of drug-likeness (QED) is 0.874. The first-order valence-corrected chi connectivity index (χ1v) is 6.95. The summed E-state index contributed by atoms with van der Waals surface area (Å²) in [6, 6.07) is 9.52. The van der Waals surface area contributed by atoms with E-state index < -0.39 is 6.10 Å². The zero-order valence-electron chi connectivity index (χ0n) is 11.4. The van der Waals surface area contributed by atoms with Crippen LogP contribution in [0.25, 0.3) is 0 Å². The van der Waals surface area contributed by atoms with Crippen LogP contribution in [0.1, 0.15) is 18.4 Å². The van der Waals surface area contributed by atoms with E-state index >= 15 is 0 Å². The van der Waals surface area contributed by atoms with E-state index in [1.807, 2.05) is 30.3 Å². The molecule has 2 N–H and O–H groups in total. The molecule has 0 bridgehead atoms. The van der Waals surface area contributed by atoms with E-state index in [4.69, 9.17) is 9.84 Å². The molecular weight excluding hydrogens is 258 g/mol. The molecule has 5 heteroatoms. The number of aliphatic hydroxyl groups is 2. The van der Waals surface area contributed by atoms with Crippen molar-refractivity contribution >= 4 is 6.09 Å². The number of nitrogens with zero attached hydrogens (tertiary/aromatic N) is 1. The van der Waals surface area contributed by atoms with Gasteiger partial charge in [0.2, 0.25) is 0 Å². The highest BCUT2D eigenvalue weighted by molar-refractivity contribution is 5.67. The van der Waals surface area contributed by atoms with Gasteiger partial charge in [-0.3, -0.25) is 0 Å². The van der Waals surface area contributed by atoms with Gasteiger partial charge in [-0.05, 0) is 18.4 Å². The van der Waals surface area contributed by atoms with Gasteiger partial charge in [-0.2, -0.15) is 0 Å². The van der Waals surface area contributed by atoms with Crippen molar-refractivity contribution in [1.82, 2.24) is 4.90 Å². The van der Waals surface area contributed by atoms with Gasteiger partial charge >= 0.3 is 6.09 Å². The zero-order valence-corrected chi connectivity index (χ0v) is 11.4. The molecule has 0 aliphatic carbocycles. The smallest absolute Gasteiger partial charge is 0.410 e. The van der Waals surface area contributed by atoms with Crippen molar-refractivity contribution in [3.8, 4) is 0 Å². The lowest BCUT2D eigenvalue weighted by atomic mass is 9.93. The van der Waals surface area contributed by atoms with Crippen LogP contribution in [0.3, 0.4) is 0 Å². The first kappa shape index (κ1) is 14.8. The summed E-state index contributed by atoms with van der Waals surface area (Å²) in [6.07, 6.45) is 0.523. The number of piperidine rings is 1. The standard InChI is InChI=1S/C15H21NO4/c17-10-14(18)13-7-4-8-16(9-13)15(19)20-11-12-5-2-1-3-6-12/h1-3,5-6,13-14,17-18H,4,7-11H2/t13-,14?/m1/s1. The van der Waals surface area contributed by atoms with E-state index in [9.17, 15) is 9.90 Å². The van der Waals surface area contributed by atoms with Crippen LogP contribution in [0.15, 0.2) is 30.3 Å². The Labute approximate surface area is 118 Å².